The van der Waals surface area contributed by atoms with Gasteiger partial charge in [-0.05, 0) is 23.8 Å². The molecule has 0 heterocycles. The third-order valence-corrected chi connectivity index (χ3v) is 3.90. The highest BCUT2D eigenvalue weighted by Gasteiger charge is 2.26. The Morgan fingerprint density at radius 2 is 1.59 bits per heavy atom. The van der Waals surface area contributed by atoms with Gasteiger partial charge in [-0.3, -0.25) is 19.7 Å². The number of hydroxylamine groups is 2. The van der Waals surface area contributed by atoms with E-state index in [0.29, 0.717) is 10.8 Å². The molecule has 3 aromatic rings. The number of nitro benzene ring substituents is 1. The van der Waals surface area contributed by atoms with Gasteiger partial charge in [-0.2, -0.15) is 0 Å². The van der Waals surface area contributed by atoms with Crippen molar-refractivity contribution < 1.29 is 19.3 Å². The van der Waals surface area contributed by atoms with E-state index in [1.807, 2.05) is 6.07 Å². The Balaban J connectivity index is 1.84. The molecule has 8 heteroatoms. The summed E-state index contributed by atoms with van der Waals surface area (Å²) in [6.07, 6.45) is 0. The first-order valence-electron chi connectivity index (χ1n) is 8.66. The number of rotatable bonds is 6. The molecule has 0 aliphatic rings. The molecule has 0 radical (unpaired) electrons. The summed E-state index contributed by atoms with van der Waals surface area (Å²) in [5, 5.41) is 14.1. The van der Waals surface area contributed by atoms with Crippen LogP contribution in [0, 0.1) is 10.1 Å². The molecule has 146 valence electrons. The fourth-order valence-corrected chi connectivity index (χ4v) is 2.49. The maximum Gasteiger partial charge on any atom is 0.353 e. The minimum Gasteiger partial charge on any atom is -0.306 e. The first kappa shape index (κ1) is 19.7. The van der Waals surface area contributed by atoms with Gasteiger partial charge in [-0.25, -0.2) is 4.79 Å². The van der Waals surface area contributed by atoms with Crippen LogP contribution in [-0.4, -0.2) is 21.9 Å². The Hall–Kier alpha value is -4.04. The highest BCUT2D eigenvalue weighted by Crippen LogP contribution is 2.17. The quantitative estimate of drug-likeness (QED) is 0.496. The normalized spacial score (nSPS) is 10.2. The molecule has 0 fully saturated rings. The number of imide groups is 1. The van der Waals surface area contributed by atoms with Gasteiger partial charge in [0.25, 0.3) is 11.6 Å². The Morgan fingerprint density at radius 1 is 0.931 bits per heavy atom. The van der Waals surface area contributed by atoms with E-state index in [-0.39, 0.29) is 17.9 Å². The molecular weight excluding hydrogens is 374 g/mol. The molecule has 29 heavy (non-hydrogen) atoms. The van der Waals surface area contributed by atoms with Crippen molar-refractivity contribution in [2.45, 2.75) is 6.61 Å². The van der Waals surface area contributed by atoms with E-state index < -0.39 is 16.9 Å². The Morgan fingerprint density at radius 3 is 2.24 bits per heavy atom. The molecule has 1 N–H and O–H groups in total. The summed E-state index contributed by atoms with van der Waals surface area (Å²) in [4.78, 5) is 41.5. The maximum absolute atomic E-state index is 12.9. The number of nitrogens with zero attached hydrogens (tertiary/aromatic N) is 2. The van der Waals surface area contributed by atoms with Gasteiger partial charge in [0.1, 0.15) is 6.61 Å². The van der Waals surface area contributed by atoms with E-state index >= 15 is 0 Å². The molecule has 0 bridgehead atoms. The average molecular weight is 391 g/mol. The van der Waals surface area contributed by atoms with Crippen LogP contribution in [0.1, 0.15) is 15.9 Å². The van der Waals surface area contributed by atoms with E-state index in [1.54, 1.807) is 54.6 Å². The van der Waals surface area contributed by atoms with Gasteiger partial charge in [0.05, 0.1) is 4.92 Å². The van der Waals surface area contributed by atoms with Gasteiger partial charge in [0.15, 0.2) is 0 Å². The number of amides is 3. The zero-order chi connectivity index (χ0) is 20.6. The zero-order valence-corrected chi connectivity index (χ0v) is 15.2. The van der Waals surface area contributed by atoms with Crippen LogP contribution in [0.15, 0.2) is 84.9 Å². The van der Waals surface area contributed by atoms with Crippen molar-refractivity contribution in [1.29, 1.82) is 0 Å². The molecule has 0 saturated heterocycles. The summed E-state index contributed by atoms with van der Waals surface area (Å²) in [5.41, 5.74) is 0.910. The number of para-hydroxylation sites is 1. The minimum atomic E-state index is -0.821. The van der Waals surface area contributed by atoms with E-state index in [9.17, 15) is 19.7 Å². The first-order valence-corrected chi connectivity index (χ1v) is 8.66. The van der Waals surface area contributed by atoms with Crippen LogP contribution in [0.2, 0.25) is 0 Å². The van der Waals surface area contributed by atoms with Crippen LogP contribution in [0.3, 0.4) is 0 Å². The number of urea groups is 1. The van der Waals surface area contributed by atoms with Crippen LogP contribution >= 0.6 is 0 Å². The lowest BCUT2D eigenvalue weighted by molar-refractivity contribution is -0.384. The van der Waals surface area contributed by atoms with Crippen molar-refractivity contribution in [3.63, 3.8) is 0 Å². The van der Waals surface area contributed by atoms with Crippen molar-refractivity contribution in [3.8, 4) is 0 Å². The Bertz CT molecular complexity index is 1010. The molecule has 0 aromatic heterocycles. The van der Waals surface area contributed by atoms with E-state index in [0.717, 1.165) is 11.6 Å². The SMILES string of the molecule is O=C(Nc1ccccc1)N(OCc1ccccc1)C(=O)c1cccc([N+](=O)[O-])c1. The van der Waals surface area contributed by atoms with Gasteiger partial charge in [0.2, 0.25) is 0 Å². The molecular formula is C21H17N3O5. The predicted octanol–water partition coefficient (Wildman–Crippen LogP) is 4.40. The number of nitro groups is 1. The number of benzene rings is 3. The van der Waals surface area contributed by atoms with Crippen LogP contribution in [-0.2, 0) is 11.4 Å². The first-order chi connectivity index (χ1) is 14.0. The number of hydrogen-bond acceptors (Lipinski definition) is 5. The summed E-state index contributed by atoms with van der Waals surface area (Å²) < 4.78 is 0. The molecule has 0 spiro atoms. The molecule has 0 aliphatic heterocycles. The van der Waals surface area contributed by atoms with Crippen molar-refractivity contribution in [3.05, 3.63) is 106 Å². The summed E-state index contributed by atoms with van der Waals surface area (Å²) >= 11 is 0. The second-order valence-electron chi connectivity index (χ2n) is 5.96. The lowest BCUT2D eigenvalue weighted by Crippen LogP contribution is -2.40. The highest BCUT2D eigenvalue weighted by molar-refractivity contribution is 6.07. The summed E-state index contributed by atoms with van der Waals surface area (Å²) in [6.45, 7) is -0.0380. The van der Waals surface area contributed by atoms with Crippen LogP contribution in [0.25, 0.3) is 0 Å². The number of non-ortho nitro benzene ring substituents is 1. The third-order valence-electron chi connectivity index (χ3n) is 3.90. The van der Waals surface area contributed by atoms with Crippen LogP contribution in [0.4, 0.5) is 16.2 Å². The van der Waals surface area contributed by atoms with E-state index in [2.05, 4.69) is 5.32 Å². The van der Waals surface area contributed by atoms with Crippen molar-refractivity contribution in [2.24, 2.45) is 0 Å². The molecule has 3 rings (SSSR count). The number of hydrogen-bond donors (Lipinski definition) is 1. The van der Waals surface area contributed by atoms with Crippen LogP contribution < -0.4 is 5.32 Å². The molecule has 3 amide bonds. The Kier molecular flexibility index (Phi) is 6.29. The highest BCUT2D eigenvalue weighted by atomic mass is 16.7. The Labute approximate surface area is 166 Å². The van der Waals surface area contributed by atoms with Gasteiger partial charge < -0.3 is 5.32 Å². The predicted molar refractivity (Wildman–Crippen MR) is 106 cm³/mol. The fourth-order valence-electron chi connectivity index (χ4n) is 2.49. The van der Waals surface area contributed by atoms with Gasteiger partial charge >= 0.3 is 6.03 Å². The number of carbonyl (C=O) groups is 2. The van der Waals surface area contributed by atoms with Crippen molar-refractivity contribution >= 4 is 23.3 Å². The largest absolute Gasteiger partial charge is 0.353 e. The number of anilines is 1. The molecule has 0 saturated carbocycles. The topological polar surface area (TPSA) is 102 Å². The van der Waals surface area contributed by atoms with E-state index in [4.69, 9.17) is 4.84 Å². The lowest BCUT2D eigenvalue weighted by Gasteiger charge is -2.20. The summed E-state index contributed by atoms with van der Waals surface area (Å²) in [6, 6.07) is 21.8. The molecule has 0 unspecified atom stereocenters. The summed E-state index contributed by atoms with van der Waals surface area (Å²) in [5.74, 6) is -0.821. The monoisotopic (exact) mass is 391 g/mol. The number of carbonyl (C=O) groups excluding carboxylic acids is 2. The molecule has 8 nitrogen and oxygen atoms in total. The number of nitrogens with one attached hydrogen (secondary N) is 1. The average Bonchev–Trinajstić information content (AvgIpc) is 2.75. The maximum atomic E-state index is 12.9. The van der Waals surface area contributed by atoms with Crippen molar-refractivity contribution in [1.82, 2.24) is 5.06 Å². The smallest absolute Gasteiger partial charge is 0.306 e. The van der Waals surface area contributed by atoms with Gasteiger partial charge in [-0.15, -0.1) is 5.06 Å². The molecule has 3 aromatic carbocycles. The summed E-state index contributed by atoms with van der Waals surface area (Å²) in [7, 11) is 0. The standard InChI is InChI=1S/C21H17N3O5/c25-20(17-10-7-13-19(14-17)24(27)28)23(29-15-16-8-3-1-4-9-16)21(26)22-18-11-5-2-6-12-18/h1-14H,15H2,(H,22,26). The van der Waals surface area contributed by atoms with Crippen molar-refractivity contribution in [2.75, 3.05) is 5.32 Å². The third kappa shape index (κ3) is 5.24. The molecule has 0 atom stereocenters. The second kappa shape index (κ2) is 9.25. The van der Waals surface area contributed by atoms with Gasteiger partial charge in [-0.1, -0.05) is 54.6 Å². The van der Waals surface area contributed by atoms with Crippen LogP contribution in [0.5, 0.6) is 0 Å². The minimum absolute atomic E-state index is 0.0380. The lowest BCUT2D eigenvalue weighted by atomic mass is 10.2. The van der Waals surface area contributed by atoms with Gasteiger partial charge in [0, 0.05) is 23.4 Å². The fraction of sp³-hybridized carbons (Fsp3) is 0.0476. The zero-order valence-electron chi connectivity index (χ0n) is 15.2. The second-order valence-corrected chi connectivity index (χ2v) is 5.96. The molecule has 0 aliphatic carbocycles. The van der Waals surface area contributed by atoms with E-state index in [1.165, 1.54) is 18.2 Å².